The lowest BCUT2D eigenvalue weighted by atomic mass is 9.94. The Kier molecular flexibility index (Phi) is 6.15. The Morgan fingerprint density at radius 3 is 2.46 bits per heavy atom. The van der Waals surface area contributed by atoms with Crippen LogP contribution in [0.2, 0.25) is 0 Å². The second-order valence-corrected chi connectivity index (χ2v) is 7.94. The molecule has 0 saturated heterocycles. The first-order valence-corrected chi connectivity index (χ1v) is 9.84. The molecule has 0 aromatic heterocycles. The number of carbonyl (C=O) groups is 2. The van der Waals surface area contributed by atoms with Gasteiger partial charge in [0.15, 0.2) is 0 Å². The lowest BCUT2D eigenvalue weighted by Gasteiger charge is -2.28. The molecule has 2 aromatic carbocycles. The van der Waals surface area contributed by atoms with Crippen LogP contribution >= 0.6 is 0 Å². The molecule has 1 heterocycles. The van der Waals surface area contributed by atoms with Crippen molar-refractivity contribution in [1.82, 2.24) is 10.6 Å². The molecule has 0 radical (unpaired) electrons. The van der Waals surface area contributed by atoms with Gasteiger partial charge in [0, 0.05) is 12.2 Å². The molecule has 0 bridgehead atoms. The number of hydrogen-bond acceptors (Lipinski definition) is 3. The van der Waals surface area contributed by atoms with Gasteiger partial charge in [0.2, 0.25) is 11.8 Å². The standard InChI is InChI=1S/C23H29N3O2/c1-14(2)21(23(28)25-19-10-9-15(3)11-16(19)4)26-22(27)20-12-17-7-5-6-8-18(17)13-24-20/h5-11,14,20-21,24H,12-13H2,1-4H3,(H,25,28)(H,26,27). The summed E-state index contributed by atoms with van der Waals surface area (Å²) in [5.41, 5.74) is 5.34. The van der Waals surface area contributed by atoms with Crippen LogP contribution in [0.5, 0.6) is 0 Å². The van der Waals surface area contributed by atoms with Gasteiger partial charge in [-0.3, -0.25) is 9.59 Å². The van der Waals surface area contributed by atoms with Crippen LogP contribution in [0, 0.1) is 19.8 Å². The fourth-order valence-corrected chi connectivity index (χ4v) is 3.59. The van der Waals surface area contributed by atoms with E-state index in [-0.39, 0.29) is 23.8 Å². The van der Waals surface area contributed by atoms with E-state index in [9.17, 15) is 9.59 Å². The van der Waals surface area contributed by atoms with E-state index in [1.165, 1.54) is 11.1 Å². The Labute approximate surface area is 166 Å². The topological polar surface area (TPSA) is 70.2 Å². The summed E-state index contributed by atoms with van der Waals surface area (Å²) in [6.07, 6.45) is 0.630. The van der Waals surface area contributed by atoms with Crippen molar-refractivity contribution in [2.75, 3.05) is 5.32 Å². The number of carbonyl (C=O) groups excluding carboxylic acids is 2. The minimum absolute atomic E-state index is 0.0226. The molecule has 0 spiro atoms. The second kappa shape index (κ2) is 8.57. The van der Waals surface area contributed by atoms with Crippen molar-refractivity contribution in [1.29, 1.82) is 0 Å². The van der Waals surface area contributed by atoms with Gasteiger partial charge < -0.3 is 16.0 Å². The van der Waals surface area contributed by atoms with Crippen LogP contribution in [0.15, 0.2) is 42.5 Å². The first-order chi connectivity index (χ1) is 13.3. The maximum Gasteiger partial charge on any atom is 0.247 e. The molecule has 3 rings (SSSR count). The average molecular weight is 380 g/mol. The summed E-state index contributed by atoms with van der Waals surface area (Å²) in [5, 5.41) is 9.20. The molecular weight excluding hydrogens is 350 g/mol. The molecule has 148 valence electrons. The minimum Gasteiger partial charge on any atom is -0.343 e. The zero-order valence-electron chi connectivity index (χ0n) is 17.0. The van der Waals surface area contributed by atoms with Crippen molar-refractivity contribution in [3.63, 3.8) is 0 Å². The van der Waals surface area contributed by atoms with Crippen LogP contribution < -0.4 is 16.0 Å². The predicted octanol–water partition coefficient (Wildman–Crippen LogP) is 3.10. The van der Waals surface area contributed by atoms with E-state index in [0.29, 0.717) is 13.0 Å². The highest BCUT2D eigenvalue weighted by atomic mass is 16.2. The van der Waals surface area contributed by atoms with Crippen LogP contribution in [0.4, 0.5) is 5.69 Å². The van der Waals surface area contributed by atoms with E-state index in [1.807, 2.05) is 58.0 Å². The quantitative estimate of drug-likeness (QED) is 0.748. The van der Waals surface area contributed by atoms with Gasteiger partial charge in [-0.25, -0.2) is 0 Å². The first-order valence-electron chi connectivity index (χ1n) is 9.84. The Morgan fingerprint density at radius 2 is 1.79 bits per heavy atom. The second-order valence-electron chi connectivity index (χ2n) is 7.94. The normalized spacial score (nSPS) is 17.0. The van der Waals surface area contributed by atoms with Gasteiger partial charge in [0.25, 0.3) is 0 Å². The number of fused-ring (bicyclic) bond motifs is 1. The fraction of sp³-hybridized carbons (Fsp3) is 0.391. The first kappa shape index (κ1) is 20.1. The molecule has 3 N–H and O–H groups in total. The predicted molar refractivity (Wildman–Crippen MR) is 112 cm³/mol. The smallest absolute Gasteiger partial charge is 0.247 e. The van der Waals surface area contributed by atoms with E-state index in [2.05, 4.69) is 28.1 Å². The number of benzene rings is 2. The van der Waals surface area contributed by atoms with Gasteiger partial charge in [-0.1, -0.05) is 55.8 Å². The number of rotatable bonds is 5. The average Bonchev–Trinajstić information content (AvgIpc) is 2.67. The van der Waals surface area contributed by atoms with Gasteiger partial charge in [-0.2, -0.15) is 0 Å². The molecule has 1 aliphatic heterocycles. The molecule has 2 atom stereocenters. The molecule has 5 heteroatoms. The maximum absolute atomic E-state index is 12.9. The van der Waals surface area contributed by atoms with Gasteiger partial charge in [0.1, 0.15) is 6.04 Å². The van der Waals surface area contributed by atoms with E-state index in [0.717, 1.165) is 16.8 Å². The summed E-state index contributed by atoms with van der Waals surface area (Å²) in [7, 11) is 0. The summed E-state index contributed by atoms with van der Waals surface area (Å²) in [5.74, 6) is -0.346. The molecule has 0 saturated carbocycles. The zero-order chi connectivity index (χ0) is 20.3. The van der Waals surface area contributed by atoms with Crippen molar-refractivity contribution in [3.8, 4) is 0 Å². The van der Waals surface area contributed by atoms with E-state index >= 15 is 0 Å². The Hall–Kier alpha value is -2.66. The molecule has 2 unspecified atom stereocenters. The van der Waals surface area contributed by atoms with Crippen molar-refractivity contribution in [2.24, 2.45) is 5.92 Å². The molecule has 2 amide bonds. The lowest BCUT2D eigenvalue weighted by molar-refractivity contribution is -0.128. The van der Waals surface area contributed by atoms with Crippen LogP contribution in [0.3, 0.4) is 0 Å². The highest BCUT2D eigenvalue weighted by molar-refractivity contribution is 5.98. The highest BCUT2D eigenvalue weighted by Crippen LogP contribution is 2.19. The van der Waals surface area contributed by atoms with Crippen molar-refractivity contribution >= 4 is 17.5 Å². The van der Waals surface area contributed by atoms with Gasteiger partial charge in [-0.05, 0) is 48.9 Å². The molecule has 28 heavy (non-hydrogen) atoms. The highest BCUT2D eigenvalue weighted by Gasteiger charge is 2.30. The third kappa shape index (κ3) is 4.60. The third-order valence-electron chi connectivity index (χ3n) is 5.28. The molecular formula is C23H29N3O2. The summed E-state index contributed by atoms with van der Waals surface area (Å²) in [6.45, 7) is 8.53. The van der Waals surface area contributed by atoms with Crippen LogP contribution in [0.25, 0.3) is 0 Å². The molecule has 0 fully saturated rings. The summed E-state index contributed by atoms with van der Waals surface area (Å²) >= 11 is 0. The van der Waals surface area contributed by atoms with E-state index in [1.54, 1.807) is 0 Å². The Morgan fingerprint density at radius 1 is 1.07 bits per heavy atom. The minimum atomic E-state index is -0.591. The summed E-state index contributed by atoms with van der Waals surface area (Å²) < 4.78 is 0. The number of aryl methyl sites for hydroxylation is 2. The van der Waals surface area contributed by atoms with E-state index in [4.69, 9.17) is 0 Å². The SMILES string of the molecule is Cc1ccc(NC(=O)C(NC(=O)C2Cc3ccccc3CN2)C(C)C)c(C)c1. The number of hydrogen-bond donors (Lipinski definition) is 3. The van der Waals surface area contributed by atoms with Gasteiger partial charge in [0.05, 0.1) is 6.04 Å². The molecule has 0 aliphatic carbocycles. The number of nitrogens with one attached hydrogen (secondary N) is 3. The van der Waals surface area contributed by atoms with E-state index < -0.39 is 6.04 Å². The molecule has 2 aromatic rings. The van der Waals surface area contributed by atoms with Crippen LogP contribution in [-0.2, 0) is 22.6 Å². The van der Waals surface area contributed by atoms with Gasteiger partial charge >= 0.3 is 0 Å². The third-order valence-corrected chi connectivity index (χ3v) is 5.28. The summed E-state index contributed by atoms with van der Waals surface area (Å²) in [6, 6.07) is 13.1. The Bertz CT molecular complexity index is 876. The van der Waals surface area contributed by atoms with Crippen LogP contribution in [0.1, 0.15) is 36.1 Å². The van der Waals surface area contributed by atoms with Crippen LogP contribution in [-0.4, -0.2) is 23.9 Å². The zero-order valence-corrected chi connectivity index (χ0v) is 17.0. The van der Waals surface area contributed by atoms with Crippen molar-refractivity contribution < 1.29 is 9.59 Å². The largest absolute Gasteiger partial charge is 0.343 e. The summed E-state index contributed by atoms with van der Waals surface area (Å²) in [4.78, 5) is 25.7. The fourth-order valence-electron chi connectivity index (χ4n) is 3.59. The van der Waals surface area contributed by atoms with Crippen molar-refractivity contribution in [2.45, 2.75) is 52.7 Å². The number of anilines is 1. The maximum atomic E-state index is 12.9. The number of amides is 2. The lowest BCUT2D eigenvalue weighted by Crippen LogP contribution is -2.54. The monoisotopic (exact) mass is 379 g/mol. The Balaban J connectivity index is 1.67. The van der Waals surface area contributed by atoms with Crippen molar-refractivity contribution in [3.05, 3.63) is 64.7 Å². The molecule has 1 aliphatic rings. The van der Waals surface area contributed by atoms with Gasteiger partial charge in [-0.15, -0.1) is 0 Å². The molecule has 5 nitrogen and oxygen atoms in total.